The van der Waals surface area contributed by atoms with Gasteiger partial charge in [0.25, 0.3) is 0 Å². The minimum absolute atomic E-state index is 0.0495. The van der Waals surface area contributed by atoms with E-state index in [4.69, 9.17) is 21.1 Å². The molecule has 1 aliphatic rings. The lowest BCUT2D eigenvalue weighted by Crippen LogP contribution is -2.30. The molecule has 0 aromatic rings. The van der Waals surface area contributed by atoms with Gasteiger partial charge < -0.3 is 9.47 Å². The smallest absolute Gasteiger partial charge is 0.433 e. The van der Waals surface area contributed by atoms with E-state index in [1.807, 2.05) is 0 Å². The molecule has 1 saturated carbocycles. The molecule has 5 heteroatoms. The Morgan fingerprint density at radius 3 is 2.79 bits per heavy atom. The van der Waals surface area contributed by atoms with Gasteiger partial charge in [-0.1, -0.05) is 22.4 Å². The van der Waals surface area contributed by atoms with Crippen LogP contribution in [0.4, 0.5) is 4.79 Å². The van der Waals surface area contributed by atoms with Crippen molar-refractivity contribution in [3.8, 4) is 0 Å². The SMILES string of the molecule is O=C(OCCCl)O[C@@H]1CCCC[C@H]1Br. The summed E-state index contributed by atoms with van der Waals surface area (Å²) in [6.07, 6.45) is 3.59. The molecule has 0 N–H and O–H groups in total. The summed E-state index contributed by atoms with van der Waals surface area (Å²) in [5.74, 6) is 0.303. The molecule has 0 aromatic heterocycles. The maximum absolute atomic E-state index is 11.1. The first-order valence-electron chi connectivity index (χ1n) is 4.77. The average Bonchev–Trinajstić information content (AvgIpc) is 2.18. The lowest BCUT2D eigenvalue weighted by atomic mass is 9.98. The standard InChI is InChI=1S/C9H14BrClO3/c10-7-3-1-2-4-8(7)14-9(12)13-6-5-11/h7-8H,1-6H2/t7-,8-/m1/s1. The van der Waals surface area contributed by atoms with Crippen molar-refractivity contribution < 1.29 is 14.3 Å². The third kappa shape index (κ3) is 4.05. The van der Waals surface area contributed by atoms with Crippen molar-refractivity contribution in [2.75, 3.05) is 12.5 Å². The number of alkyl halides is 2. The average molecular weight is 286 g/mol. The van der Waals surface area contributed by atoms with Crippen LogP contribution >= 0.6 is 27.5 Å². The zero-order valence-electron chi connectivity index (χ0n) is 7.88. The van der Waals surface area contributed by atoms with E-state index < -0.39 is 6.16 Å². The van der Waals surface area contributed by atoms with Gasteiger partial charge in [-0.25, -0.2) is 4.79 Å². The number of carbonyl (C=O) groups is 1. The van der Waals surface area contributed by atoms with Crippen molar-refractivity contribution in [1.29, 1.82) is 0 Å². The van der Waals surface area contributed by atoms with Gasteiger partial charge in [0.15, 0.2) is 0 Å². The largest absolute Gasteiger partial charge is 0.508 e. The Labute approximate surface area is 97.2 Å². The van der Waals surface area contributed by atoms with Crippen LogP contribution in [0.15, 0.2) is 0 Å². The van der Waals surface area contributed by atoms with Crippen LogP contribution in [0.25, 0.3) is 0 Å². The van der Waals surface area contributed by atoms with Gasteiger partial charge in [0.1, 0.15) is 12.7 Å². The number of ether oxygens (including phenoxy) is 2. The maximum atomic E-state index is 11.1. The van der Waals surface area contributed by atoms with Gasteiger partial charge >= 0.3 is 6.16 Å². The predicted molar refractivity (Wildman–Crippen MR) is 58.1 cm³/mol. The third-order valence-corrected chi connectivity index (χ3v) is 3.37. The zero-order valence-corrected chi connectivity index (χ0v) is 10.2. The quantitative estimate of drug-likeness (QED) is 0.590. The molecule has 1 rings (SSSR count). The molecule has 0 amide bonds. The second-order valence-electron chi connectivity index (χ2n) is 3.24. The molecule has 14 heavy (non-hydrogen) atoms. The molecule has 82 valence electrons. The molecule has 2 atom stereocenters. The van der Waals surface area contributed by atoms with Crippen molar-refractivity contribution in [3.63, 3.8) is 0 Å². The number of rotatable bonds is 3. The van der Waals surface area contributed by atoms with E-state index in [-0.39, 0.29) is 17.5 Å². The molecule has 0 aromatic carbocycles. The van der Waals surface area contributed by atoms with Crippen LogP contribution in [0.3, 0.4) is 0 Å². The van der Waals surface area contributed by atoms with E-state index in [9.17, 15) is 4.79 Å². The van der Waals surface area contributed by atoms with Gasteiger partial charge in [-0.15, -0.1) is 11.6 Å². The number of halogens is 2. The highest BCUT2D eigenvalue weighted by Gasteiger charge is 2.26. The predicted octanol–water partition coefficient (Wildman–Crippen LogP) is 3.08. The normalized spacial score (nSPS) is 27.0. The highest BCUT2D eigenvalue weighted by Crippen LogP contribution is 2.27. The highest BCUT2D eigenvalue weighted by atomic mass is 79.9. The summed E-state index contributed by atoms with van der Waals surface area (Å²) in [4.78, 5) is 11.4. The van der Waals surface area contributed by atoms with E-state index in [2.05, 4.69) is 15.9 Å². The topological polar surface area (TPSA) is 35.5 Å². The molecule has 0 radical (unpaired) electrons. The van der Waals surface area contributed by atoms with Gasteiger partial charge in [0, 0.05) is 0 Å². The van der Waals surface area contributed by atoms with Crippen molar-refractivity contribution in [2.45, 2.75) is 36.6 Å². The zero-order chi connectivity index (χ0) is 10.4. The number of hydrogen-bond acceptors (Lipinski definition) is 3. The highest BCUT2D eigenvalue weighted by molar-refractivity contribution is 9.09. The van der Waals surface area contributed by atoms with Crippen LogP contribution in [0.2, 0.25) is 0 Å². The van der Waals surface area contributed by atoms with Crippen LogP contribution in [0, 0.1) is 0 Å². The molecule has 0 spiro atoms. The number of carbonyl (C=O) groups excluding carboxylic acids is 1. The van der Waals surface area contributed by atoms with Crippen molar-refractivity contribution in [2.24, 2.45) is 0 Å². The summed E-state index contributed by atoms with van der Waals surface area (Å²) in [7, 11) is 0. The first kappa shape index (κ1) is 12.1. The Morgan fingerprint density at radius 1 is 1.43 bits per heavy atom. The maximum Gasteiger partial charge on any atom is 0.508 e. The molecule has 0 aliphatic heterocycles. The summed E-state index contributed by atoms with van der Waals surface area (Å²) < 4.78 is 9.87. The summed E-state index contributed by atoms with van der Waals surface area (Å²) in [6, 6.07) is 0. The van der Waals surface area contributed by atoms with Crippen LogP contribution in [-0.2, 0) is 9.47 Å². The Kier molecular flexibility index (Phi) is 5.63. The van der Waals surface area contributed by atoms with Crippen LogP contribution in [0.5, 0.6) is 0 Å². The van der Waals surface area contributed by atoms with Gasteiger partial charge in [0.05, 0.1) is 10.7 Å². The number of hydrogen-bond donors (Lipinski definition) is 0. The Morgan fingerprint density at radius 2 is 2.14 bits per heavy atom. The van der Waals surface area contributed by atoms with Gasteiger partial charge in [-0.05, 0) is 19.3 Å². The van der Waals surface area contributed by atoms with E-state index >= 15 is 0 Å². The fraction of sp³-hybridized carbons (Fsp3) is 0.889. The summed E-state index contributed by atoms with van der Waals surface area (Å²) in [5.41, 5.74) is 0. The van der Waals surface area contributed by atoms with E-state index in [0.29, 0.717) is 5.88 Å². The first-order chi connectivity index (χ1) is 6.74. The molecule has 3 nitrogen and oxygen atoms in total. The summed E-state index contributed by atoms with van der Waals surface area (Å²) in [6.45, 7) is 0.208. The van der Waals surface area contributed by atoms with E-state index in [1.54, 1.807) is 0 Å². The molecule has 1 fully saturated rings. The van der Waals surface area contributed by atoms with E-state index in [1.165, 1.54) is 6.42 Å². The fourth-order valence-electron chi connectivity index (χ4n) is 1.46. The minimum Gasteiger partial charge on any atom is -0.433 e. The summed E-state index contributed by atoms with van der Waals surface area (Å²) >= 11 is 8.87. The van der Waals surface area contributed by atoms with Crippen molar-refractivity contribution in [3.05, 3.63) is 0 Å². The van der Waals surface area contributed by atoms with Crippen molar-refractivity contribution >= 4 is 33.7 Å². The Hall–Kier alpha value is 0.0400. The second kappa shape index (κ2) is 6.51. The summed E-state index contributed by atoms with van der Waals surface area (Å²) in [5, 5.41) is 0. The van der Waals surface area contributed by atoms with Crippen molar-refractivity contribution in [1.82, 2.24) is 0 Å². The first-order valence-corrected chi connectivity index (χ1v) is 6.22. The third-order valence-electron chi connectivity index (χ3n) is 2.17. The Bertz CT molecular complexity index is 189. The van der Waals surface area contributed by atoms with Crippen LogP contribution < -0.4 is 0 Å². The monoisotopic (exact) mass is 284 g/mol. The lowest BCUT2D eigenvalue weighted by Gasteiger charge is -2.26. The molecule has 0 unspecified atom stereocenters. The van der Waals surface area contributed by atoms with Gasteiger partial charge in [0.2, 0.25) is 0 Å². The molecule has 0 heterocycles. The Balaban J connectivity index is 2.23. The molecule has 1 aliphatic carbocycles. The van der Waals surface area contributed by atoms with Crippen LogP contribution in [0.1, 0.15) is 25.7 Å². The lowest BCUT2D eigenvalue weighted by molar-refractivity contribution is 0.0174. The molecular formula is C9H14BrClO3. The molecule has 0 saturated heterocycles. The van der Waals surface area contributed by atoms with Gasteiger partial charge in [-0.3, -0.25) is 0 Å². The molecule has 0 bridgehead atoms. The van der Waals surface area contributed by atoms with Crippen LogP contribution in [-0.4, -0.2) is 29.6 Å². The molecular weight excluding hydrogens is 271 g/mol. The fourth-order valence-corrected chi connectivity index (χ4v) is 2.24. The second-order valence-corrected chi connectivity index (χ2v) is 4.80. The van der Waals surface area contributed by atoms with Gasteiger partial charge in [-0.2, -0.15) is 0 Å². The minimum atomic E-state index is -0.609. The van der Waals surface area contributed by atoms with E-state index in [0.717, 1.165) is 19.3 Å².